The maximum Gasteiger partial charge on any atom is 0.113 e. The van der Waals surface area contributed by atoms with Gasteiger partial charge in [0.1, 0.15) is 5.82 Å². The molecular weight excluding hydrogens is 268 g/mol. The minimum absolute atomic E-state index is 0.558. The summed E-state index contributed by atoms with van der Waals surface area (Å²) in [4.78, 5) is 11.8. The van der Waals surface area contributed by atoms with E-state index in [4.69, 9.17) is 4.98 Å². The van der Waals surface area contributed by atoms with Crippen LogP contribution < -0.4 is 0 Å². The molecule has 1 saturated heterocycles. The molecule has 108 valence electrons. The highest BCUT2D eigenvalue weighted by Crippen LogP contribution is 2.27. The Balaban J connectivity index is 1.68. The highest BCUT2D eigenvalue weighted by atomic mass is 32.1. The van der Waals surface area contributed by atoms with Crippen LogP contribution in [0, 0.1) is 13.8 Å². The minimum atomic E-state index is 0.558. The molecule has 3 heterocycles. The van der Waals surface area contributed by atoms with Gasteiger partial charge in [-0.2, -0.15) is 0 Å². The molecule has 3 rings (SSSR count). The van der Waals surface area contributed by atoms with Gasteiger partial charge in [-0.1, -0.05) is 0 Å². The SMILES string of the molecule is Cc1cn(C)c([C@H]2CCCN(Cc3csc(C)n3)C2)n1. The molecule has 0 amide bonds. The van der Waals surface area contributed by atoms with Gasteiger partial charge in [-0.25, -0.2) is 9.97 Å². The van der Waals surface area contributed by atoms with E-state index >= 15 is 0 Å². The Hall–Kier alpha value is -1.20. The molecule has 20 heavy (non-hydrogen) atoms. The quantitative estimate of drug-likeness (QED) is 0.871. The van der Waals surface area contributed by atoms with E-state index in [1.54, 1.807) is 11.3 Å². The van der Waals surface area contributed by atoms with Crippen molar-refractivity contribution in [2.24, 2.45) is 7.05 Å². The Morgan fingerprint density at radius 2 is 2.20 bits per heavy atom. The van der Waals surface area contributed by atoms with Crippen LogP contribution in [0.25, 0.3) is 0 Å². The van der Waals surface area contributed by atoms with Crippen LogP contribution in [0.5, 0.6) is 0 Å². The third kappa shape index (κ3) is 2.94. The third-order valence-corrected chi connectivity index (χ3v) is 4.78. The van der Waals surface area contributed by atoms with Crippen molar-refractivity contribution in [2.75, 3.05) is 13.1 Å². The highest BCUT2D eigenvalue weighted by molar-refractivity contribution is 7.09. The maximum atomic E-state index is 4.70. The van der Waals surface area contributed by atoms with E-state index in [-0.39, 0.29) is 0 Å². The number of rotatable bonds is 3. The van der Waals surface area contributed by atoms with Crippen LogP contribution in [0.2, 0.25) is 0 Å². The molecule has 2 aromatic rings. The Bertz CT molecular complexity index is 586. The molecule has 0 aliphatic carbocycles. The van der Waals surface area contributed by atoms with Crippen LogP contribution in [0.1, 0.15) is 41.0 Å². The van der Waals surface area contributed by atoms with Crippen LogP contribution >= 0.6 is 11.3 Å². The average Bonchev–Trinajstić information content (AvgIpc) is 2.96. The second-order valence-corrected chi connectivity index (χ2v) is 6.85. The van der Waals surface area contributed by atoms with Crippen LogP contribution in [0.4, 0.5) is 0 Å². The number of aryl methyl sites for hydroxylation is 3. The van der Waals surface area contributed by atoms with Gasteiger partial charge in [0.25, 0.3) is 0 Å². The fourth-order valence-electron chi connectivity index (χ4n) is 3.13. The van der Waals surface area contributed by atoms with Crippen molar-refractivity contribution in [3.05, 3.63) is 33.8 Å². The predicted octanol–water partition coefficient (Wildman–Crippen LogP) is 2.87. The Morgan fingerprint density at radius 1 is 1.35 bits per heavy atom. The molecule has 0 aromatic carbocycles. The number of hydrogen-bond donors (Lipinski definition) is 0. The topological polar surface area (TPSA) is 34.0 Å². The summed E-state index contributed by atoms with van der Waals surface area (Å²) in [6.45, 7) is 7.40. The molecule has 4 nitrogen and oxygen atoms in total. The maximum absolute atomic E-state index is 4.70. The van der Waals surface area contributed by atoms with E-state index in [0.717, 1.165) is 23.8 Å². The summed E-state index contributed by atoms with van der Waals surface area (Å²) >= 11 is 1.74. The lowest BCUT2D eigenvalue weighted by molar-refractivity contribution is 0.193. The summed E-state index contributed by atoms with van der Waals surface area (Å²) < 4.78 is 2.19. The molecule has 0 spiro atoms. The lowest BCUT2D eigenvalue weighted by atomic mass is 9.97. The molecule has 0 N–H and O–H groups in total. The van der Waals surface area contributed by atoms with Crippen molar-refractivity contribution in [1.29, 1.82) is 0 Å². The standard InChI is InChI=1S/C15H22N4S/c1-11-7-18(3)15(16-11)13-5-4-6-19(8-13)9-14-10-20-12(2)17-14/h7,10,13H,4-6,8-9H2,1-3H3/t13-/m0/s1. The normalized spacial score (nSPS) is 20.4. The molecule has 1 fully saturated rings. The summed E-state index contributed by atoms with van der Waals surface area (Å²) in [6.07, 6.45) is 4.62. The van der Waals surface area contributed by atoms with E-state index in [1.165, 1.54) is 30.9 Å². The molecule has 0 radical (unpaired) electrons. The number of hydrogen-bond acceptors (Lipinski definition) is 4. The van der Waals surface area contributed by atoms with E-state index in [0.29, 0.717) is 5.92 Å². The third-order valence-electron chi connectivity index (χ3n) is 3.96. The van der Waals surface area contributed by atoms with Crippen molar-refractivity contribution >= 4 is 11.3 Å². The van der Waals surface area contributed by atoms with Crippen molar-refractivity contribution in [3.8, 4) is 0 Å². The second-order valence-electron chi connectivity index (χ2n) is 5.78. The Labute approximate surface area is 124 Å². The van der Waals surface area contributed by atoms with Crippen molar-refractivity contribution in [3.63, 3.8) is 0 Å². The van der Waals surface area contributed by atoms with Gasteiger partial charge >= 0.3 is 0 Å². The summed E-state index contributed by atoms with van der Waals surface area (Å²) in [6, 6.07) is 0. The summed E-state index contributed by atoms with van der Waals surface area (Å²) in [7, 11) is 2.11. The summed E-state index contributed by atoms with van der Waals surface area (Å²) in [5, 5.41) is 3.34. The summed E-state index contributed by atoms with van der Waals surface area (Å²) in [5.41, 5.74) is 2.33. The van der Waals surface area contributed by atoms with Crippen LogP contribution in [-0.2, 0) is 13.6 Å². The fourth-order valence-corrected chi connectivity index (χ4v) is 3.74. The molecule has 2 aromatic heterocycles. The van der Waals surface area contributed by atoms with Gasteiger partial charge in [-0.05, 0) is 33.2 Å². The van der Waals surface area contributed by atoms with Crippen LogP contribution in [-0.4, -0.2) is 32.5 Å². The van der Waals surface area contributed by atoms with Gasteiger partial charge in [0.15, 0.2) is 0 Å². The molecule has 0 saturated carbocycles. The van der Waals surface area contributed by atoms with Crippen molar-refractivity contribution in [1.82, 2.24) is 19.4 Å². The van der Waals surface area contributed by atoms with Crippen LogP contribution in [0.15, 0.2) is 11.6 Å². The Kier molecular flexibility index (Phi) is 3.89. The first-order valence-electron chi connectivity index (χ1n) is 7.25. The number of aromatic nitrogens is 3. The number of likely N-dealkylation sites (tertiary alicyclic amines) is 1. The van der Waals surface area contributed by atoms with E-state index < -0.39 is 0 Å². The van der Waals surface area contributed by atoms with Gasteiger partial charge in [0.05, 0.1) is 16.4 Å². The number of nitrogens with zero attached hydrogens (tertiary/aromatic N) is 4. The largest absolute Gasteiger partial charge is 0.337 e. The number of thiazole rings is 1. The van der Waals surface area contributed by atoms with Crippen LogP contribution in [0.3, 0.4) is 0 Å². The zero-order chi connectivity index (χ0) is 14.1. The molecule has 1 aliphatic heterocycles. The Morgan fingerprint density at radius 3 is 2.85 bits per heavy atom. The molecule has 1 aliphatic rings. The smallest absolute Gasteiger partial charge is 0.113 e. The van der Waals surface area contributed by atoms with Gasteiger partial charge in [-0.15, -0.1) is 11.3 Å². The molecule has 0 unspecified atom stereocenters. The number of imidazole rings is 1. The van der Waals surface area contributed by atoms with Gasteiger partial charge in [0.2, 0.25) is 0 Å². The zero-order valence-corrected chi connectivity index (χ0v) is 13.3. The van der Waals surface area contributed by atoms with E-state index in [2.05, 4.69) is 46.9 Å². The predicted molar refractivity (Wildman–Crippen MR) is 82.0 cm³/mol. The van der Waals surface area contributed by atoms with Crippen molar-refractivity contribution in [2.45, 2.75) is 39.2 Å². The molecule has 1 atom stereocenters. The van der Waals surface area contributed by atoms with Gasteiger partial charge in [0, 0.05) is 37.6 Å². The fraction of sp³-hybridized carbons (Fsp3) is 0.600. The molecular formula is C15H22N4S. The first-order valence-corrected chi connectivity index (χ1v) is 8.13. The first-order chi connectivity index (χ1) is 9.61. The van der Waals surface area contributed by atoms with E-state index in [1.807, 2.05) is 0 Å². The lowest BCUT2D eigenvalue weighted by Gasteiger charge is -2.31. The average molecular weight is 290 g/mol. The molecule has 5 heteroatoms. The monoisotopic (exact) mass is 290 g/mol. The van der Waals surface area contributed by atoms with Gasteiger partial charge in [-0.3, -0.25) is 4.90 Å². The second kappa shape index (κ2) is 5.66. The lowest BCUT2D eigenvalue weighted by Crippen LogP contribution is -2.34. The zero-order valence-electron chi connectivity index (χ0n) is 12.5. The van der Waals surface area contributed by atoms with E-state index in [9.17, 15) is 0 Å². The first kappa shape index (κ1) is 13.8. The van der Waals surface area contributed by atoms with Gasteiger partial charge < -0.3 is 4.57 Å². The van der Waals surface area contributed by atoms with Crippen molar-refractivity contribution < 1.29 is 0 Å². The summed E-state index contributed by atoms with van der Waals surface area (Å²) in [5.74, 6) is 1.80. The number of piperidine rings is 1. The highest BCUT2D eigenvalue weighted by Gasteiger charge is 2.24. The molecule has 0 bridgehead atoms. The minimum Gasteiger partial charge on any atom is -0.337 e.